The molecule has 0 atom stereocenters. The van der Waals surface area contributed by atoms with E-state index in [4.69, 9.17) is 0 Å². The van der Waals surface area contributed by atoms with Crippen LogP contribution >= 0.6 is 0 Å². The largest absolute Gasteiger partial charge is 0.748 e. The molecular formula is C10H10F2Ti-6. The third-order valence-electron chi connectivity index (χ3n) is 1.11. The summed E-state index contributed by atoms with van der Waals surface area (Å²) in [6.45, 7) is 0. The Kier molecular flexibility index (Phi) is 10.6. The predicted octanol–water partition coefficient (Wildman–Crippen LogP) is 3.65. The van der Waals surface area contributed by atoms with Crippen molar-refractivity contribution in [1.29, 1.82) is 0 Å². The van der Waals surface area contributed by atoms with Gasteiger partial charge in [-0.1, -0.05) is 0 Å². The van der Waals surface area contributed by atoms with Crippen LogP contribution in [0.2, 0.25) is 0 Å². The van der Waals surface area contributed by atoms with Crippen LogP contribution in [-0.2, 0) is 20.2 Å². The summed E-state index contributed by atoms with van der Waals surface area (Å²) in [6.07, 6.45) is 0. The van der Waals surface area contributed by atoms with Gasteiger partial charge in [-0.25, -0.2) is 12.1 Å². The summed E-state index contributed by atoms with van der Waals surface area (Å²) in [6, 6.07) is 20.0. The summed E-state index contributed by atoms with van der Waals surface area (Å²) in [5.74, 6) is 0. The Morgan fingerprint density at radius 2 is 1.08 bits per heavy atom. The van der Waals surface area contributed by atoms with Gasteiger partial charge in [-0.2, -0.15) is 18.2 Å². The maximum atomic E-state index is 9.75. The first-order valence-corrected chi connectivity index (χ1v) is 4.89. The van der Waals surface area contributed by atoms with Gasteiger partial charge >= 0.3 is 26.4 Å². The zero-order valence-electron chi connectivity index (χ0n) is 7.03. The van der Waals surface area contributed by atoms with Crippen molar-refractivity contribution < 1.29 is 26.4 Å². The predicted molar refractivity (Wildman–Crippen MR) is 46.3 cm³/mol. The van der Waals surface area contributed by atoms with Crippen molar-refractivity contribution in [3.8, 4) is 0 Å². The molecule has 0 saturated heterocycles. The number of hydrogen-bond donors (Lipinski definition) is 0. The van der Waals surface area contributed by atoms with Crippen LogP contribution in [0.1, 0.15) is 0 Å². The molecule has 0 fully saturated rings. The molecule has 0 aliphatic rings. The Hall–Kier alpha value is -0.726. The third kappa shape index (κ3) is 11.3. The van der Waals surface area contributed by atoms with Crippen LogP contribution in [0.25, 0.3) is 0 Å². The molecule has 2 rings (SSSR count). The molecule has 0 radical (unpaired) electrons. The first-order valence-electron chi connectivity index (χ1n) is 3.71. The minimum Gasteiger partial charge on any atom is -0.748 e. The molecule has 0 aromatic heterocycles. The Morgan fingerprint density at radius 3 is 1.23 bits per heavy atom. The zero-order valence-corrected chi connectivity index (χ0v) is 8.59. The van der Waals surface area contributed by atoms with Gasteiger partial charge in [0, 0.05) is 0 Å². The Bertz CT molecular complexity index is 165. The molecule has 0 unspecified atom stereocenters. The van der Waals surface area contributed by atoms with E-state index in [1.165, 1.54) is 0 Å². The Morgan fingerprint density at radius 1 is 0.769 bits per heavy atom. The normalized spacial score (nSPS) is 7.23. The van der Waals surface area contributed by atoms with Crippen molar-refractivity contribution in [1.82, 2.24) is 0 Å². The van der Waals surface area contributed by atoms with Crippen molar-refractivity contribution in [3.63, 3.8) is 0 Å². The molecule has 2 aromatic rings. The van der Waals surface area contributed by atoms with E-state index >= 15 is 0 Å². The quantitative estimate of drug-likeness (QED) is 0.465. The second-order valence-corrected chi connectivity index (χ2v) is 2.22. The monoisotopic (exact) mass is 216 g/mol. The molecule has 74 valence electrons. The number of hydrogen-bond acceptors (Lipinski definition) is 0. The molecule has 0 amide bonds. The summed E-state index contributed by atoms with van der Waals surface area (Å²) in [7, 11) is 0. The summed E-state index contributed by atoms with van der Waals surface area (Å²) in [4.78, 5) is 0. The molecule has 0 heterocycles. The maximum absolute atomic E-state index is 9.75. The summed E-state index contributed by atoms with van der Waals surface area (Å²) >= 11 is -2.50. The van der Waals surface area contributed by atoms with Crippen molar-refractivity contribution >= 4 is 0 Å². The molecule has 3 heteroatoms. The second-order valence-electron chi connectivity index (χ2n) is 2.00. The average molecular weight is 216 g/mol. The fourth-order valence-corrected chi connectivity index (χ4v) is 0.642. The van der Waals surface area contributed by atoms with Gasteiger partial charge in [0.25, 0.3) is 0 Å². The van der Waals surface area contributed by atoms with E-state index in [2.05, 4.69) is 0 Å². The van der Waals surface area contributed by atoms with Crippen LogP contribution in [0.4, 0.5) is 6.18 Å². The van der Waals surface area contributed by atoms with Gasteiger partial charge in [-0.05, 0) is 0 Å². The molecule has 0 aliphatic carbocycles. The minimum atomic E-state index is -2.50. The van der Waals surface area contributed by atoms with Gasteiger partial charge in [-0.15, -0.1) is 0 Å². The van der Waals surface area contributed by atoms with Crippen LogP contribution in [-0.4, -0.2) is 0 Å². The van der Waals surface area contributed by atoms with Gasteiger partial charge in [0.15, 0.2) is 0 Å². The SMILES string of the molecule is [F][Ti][F].[cH-]1[cH-][cH-][cH-][cH-]1.c1cc[cH-]c1. The minimum absolute atomic E-state index is 2.00. The van der Waals surface area contributed by atoms with Crippen molar-refractivity contribution in [3.05, 3.63) is 60.7 Å². The summed E-state index contributed by atoms with van der Waals surface area (Å²) in [5.41, 5.74) is 0. The smallest absolute Gasteiger partial charge is 0.172 e. The first kappa shape index (κ1) is 12.3. The first-order chi connectivity index (χ1) is 6.41. The van der Waals surface area contributed by atoms with Crippen LogP contribution < -0.4 is 0 Å². The van der Waals surface area contributed by atoms with Gasteiger partial charge in [-0.3, -0.25) is 0 Å². The molecule has 13 heavy (non-hydrogen) atoms. The Balaban J connectivity index is 0.000000174. The number of halogens is 2. The van der Waals surface area contributed by atoms with E-state index in [9.17, 15) is 6.18 Å². The van der Waals surface area contributed by atoms with E-state index < -0.39 is 20.2 Å². The number of rotatable bonds is 0. The molecule has 0 saturated carbocycles. The van der Waals surface area contributed by atoms with Crippen molar-refractivity contribution in [2.24, 2.45) is 0 Å². The molecule has 0 N–H and O–H groups in total. The van der Waals surface area contributed by atoms with E-state index in [-0.39, 0.29) is 0 Å². The second kappa shape index (κ2) is 11.3. The van der Waals surface area contributed by atoms with E-state index in [1.807, 2.05) is 60.7 Å². The average Bonchev–Trinajstić information content (AvgIpc) is 2.85. The molecule has 2 aromatic carbocycles. The van der Waals surface area contributed by atoms with E-state index in [0.29, 0.717) is 0 Å². The fraction of sp³-hybridized carbons (Fsp3) is 0. The van der Waals surface area contributed by atoms with Gasteiger partial charge < -0.3 is 30.3 Å². The topological polar surface area (TPSA) is 0 Å². The van der Waals surface area contributed by atoms with Gasteiger partial charge in [0.2, 0.25) is 0 Å². The van der Waals surface area contributed by atoms with E-state index in [0.717, 1.165) is 0 Å². The van der Waals surface area contributed by atoms with Crippen LogP contribution in [0.15, 0.2) is 60.7 Å². The zero-order chi connectivity index (χ0) is 9.78. The fourth-order valence-electron chi connectivity index (χ4n) is 0.642. The van der Waals surface area contributed by atoms with Gasteiger partial charge in [0.1, 0.15) is 0 Å². The van der Waals surface area contributed by atoms with Crippen LogP contribution in [0.3, 0.4) is 0 Å². The van der Waals surface area contributed by atoms with Crippen molar-refractivity contribution in [2.75, 3.05) is 0 Å². The van der Waals surface area contributed by atoms with Crippen molar-refractivity contribution in [2.45, 2.75) is 0 Å². The third-order valence-corrected chi connectivity index (χ3v) is 1.11. The molecular weight excluding hydrogens is 206 g/mol. The van der Waals surface area contributed by atoms with Crippen LogP contribution in [0, 0.1) is 0 Å². The van der Waals surface area contributed by atoms with Crippen LogP contribution in [0.5, 0.6) is 0 Å². The molecule has 0 spiro atoms. The van der Waals surface area contributed by atoms with Gasteiger partial charge in [0.05, 0.1) is 0 Å². The summed E-state index contributed by atoms with van der Waals surface area (Å²) in [5, 5.41) is 0. The molecule has 0 bridgehead atoms. The maximum Gasteiger partial charge on any atom is -0.172 e. The molecule has 0 nitrogen and oxygen atoms in total. The molecule has 0 aliphatic heterocycles. The standard InChI is InChI=1S/2C5H5.2FH.Ti/c2*1-2-4-5-3-1;;;/h2*1-5H;2*1H;/q-5;-1;;;+2/p-2. The summed E-state index contributed by atoms with van der Waals surface area (Å²) < 4.78 is 19.5. The Labute approximate surface area is 87.2 Å². The van der Waals surface area contributed by atoms with E-state index in [1.54, 1.807) is 0 Å².